The molecule has 5 rings (SSSR count). The average molecular weight is 461 g/mol. The van der Waals surface area contributed by atoms with Gasteiger partial charge in [-0.15, -0.1) is 11.3 Å². The van der Waals surface area contributed by atoms with Crippen LogP contribution in [0.3, 0.4) is 0 Å². The molecule has 0 amide bonds. The van der Waals surface area contributed by atoms with Gasteiger partial charge in [0, 0.05) is 48.6 Å². The highest BCUT2D eigenvalue weighted by molar-refractivity contribution is 7.18. The van der Waals surface area contributed by atoms with Gasteiger partial charge < -0.3 is 19.6 Å². The number of likely N-dealkylation sites (N-methyl/N-ethyl adjacent to an activating group) is 1. The van der Waals surface area contributed by atoms with Crippen LogP contribution in [0.1, 0.15) is 17.0 Å². The van der Waals surface area contributed by atoms with E-state index in [0.717, 1.165) is 69.9 Å². The topological polar surface area (TPSA) is 70.3 Å². The maximum atomic E-state index is 5.35. The normalized spacial score (nSPS) is 14.6. The molecular formula is C25H28N6OS. The van der Waals surface area contributed by atoms with Gasteiger partial charge >= 0.3 is 0 Å². The fraction of sp³-hybridized carbons (Fsp3) is 0.320. The molecule has 1 fully saturated rings. The molecule has 33 heavy (non-hydrogen) atoms. The lowest BCUT2D eigenvalue weighted by molar-refractivity contribution is 0.313. The standard InChI is InChI=1S/C25H28N6OS/c1-16-15-26-25(27-19-6-5-7-20(14-19)31-12-10-30(4)11-13-31)28-24(16)22-9-8-21(33-22)23-17(2)29-32-18(23)3/h5-9,14-15H,10-13H2,1-4H3,(H,26,27,28). The first-order valence-corrected chi connectivity index (χ1v) is 12.0. The molecule has 0 radical (unpaired) electrons. The molecule has 0 bridgehead atoms. The predicted molar refractivity (Wildman–Crippen MR) is 134 cm³/mol. The molecule has 1 N–H and O–H groups in total. The van der Waals surface area contributed by atoms with E-state index in [1.807, 2.05) is 27.0 Å². The van der Waals surface area contributed by atoms with Gasteiger partial charge in [-0.3, -0.25) is 0 Å². The minimum Gasteiger partial charge on any atom is -0.369 e. The molecule has 3 aromatic heterocycles. The minimum atomic E-state index is 0.596. The lowest BCUT2D eigenvalue weighted by Gasteiger charge is -2.34. The third-order valence-electron chi connectivity index (χ3n) is 6.06. The van der Waals surface area contributed by atoms with E-state index < -0.39 is 0 Å². The second-order valence-electron chi connectivity index (χ2n) is 8.55. The van der Waals surface area contributed by atoms with Crippen molar-refractivity contribution in [2.24, 2.45) is 0 Å². The Kier molecular flexibility index (Phi) is 5.86. The summed E-state index contributed by atoms with van der Waals surface area (Å²) < 4.78 is 5.35. The van der Waals surface area contributed by atoms with Crippen LogP contribution in [-0.4, -0.2) is 53.3 Å². The Morgan fingerprint density at radius 2 is 1.79 bits per heavy atom. The van der Waals surface area contributed by atoms with E-state index >= 15 is 0 Å². The summed E-state index contributed by atoms with van der Waals surface area (Å²) in [5.74, 6) is 1.43. The first-order chi connectivity index (χ1) is 16.0. The summed E-state index contributed by atoms with van der Waals surface area (Å²) in [6.07, 6.45) is 1.88. The Labute approximate surface area is 198 Å². The van der Waals surface area contributed by atoms with Crippen molar-refractivity contribution in [2.45, 2.75) is 20.8 Å². The zero-order chi connectivity index (χ0) is 22.9. The maximum Gasteiger partial charge on any atom is 0.227 e. The van der Waals surface area contributed by atoms with Crippen molar-refractivity contribution in [3.63, 3.8) is 0 Å². The number of piperazine rings is 1. The van der Waals surface area contributed by atoms with E-state index in [-0.39, 0.29) is 0 Å². The van der Waals surface area contributed by atoms with Gasteiger partial charge in [0.1, 0.15) is 5.76 Å². The van der Waals surface area contributed by atoms with Crippen molar-refractivity contribution >= 4 is 28.7 Å². The van der Waals surface area contributed by atoms with Gasteiger partial charge in [0.25, 0.3) is 0 Å². The highest BCUT2D eigenvalue weighted by atomic mass is 32.1. The molecule has 0 spiro atoms. The zero-order valence-electron chi connectivity index (χ0n) is 19.4. The Morgan fingerprint density at radius 1 is 1.00 bits per heavy atom. The van der Waals surface area contributed by atoms with Gasteiger partial charge in [0.2, 0.25) is 5.95 Å². The second-order valence-corrected chi connectivity index (χ2v) is 9.64. The number of benzene rings is 1. The van der Waals surface area contributed by atoms with Gasteiger partial charge in [-0.25, -0.2) is 9.97 Å². The first kappa shape index (κ1) is 21.6. The maximum absolute atomic E-state index is 5.35. The SMILES string of the molecule is Cc1cnc(Nc2cccc(N3CCN(C)CC3)c2)nc1-c1ccc(-c2c(C)noc2C)s1. The summed E-state index contributed by atoms with van der Waals surface area (Å²) in [7, 11) is 2.17. The fourth-order valence-corrected chi connectivity index (χ4v) is 5.37. The third-order valence-corrected chi connectivity index (χ3v) is 7.17. The highest BCUT2D eigenvalue weighted by Crippen LogP contribution is 2.38. The van der Waals surface area contributed by atoms with Crippen LogP contribution in [0.4, 0.5) is 17.3 Å². The third kappa shape index (κ3) is 4.49. The van der Waals surface area contributed by atoms with E-state index in [9.17, 15) is 0 Å². The van der Waals surface area contributed by atoms with Gasteiger partial charge in [-0.2, -0.15) is 0 Å². The number of thiophene rings is 1. The van der Waals surface area contributed by atoms with Crippen LogP contribution in [0.5, 0.6) is 0 Å². The number of nitrogens with one attached hydrogen (secondary N) is 1. The van der Waals surface area contributed by atoms with Crippen LogP contribution >= 0.6 is 11.3 Å². The molecule has 1 aliphatic rings. The molecule has 8 heteroatoms. The van der Waals surface area contributed by atoms with Crippen molar-refractivity contribution < 1.29 is 4.52 Å². The van der Waals surface area contributed by atoms with Crippen molar-refractivity contribution in [2.75, 3.05) is 43.4 Å². The van der Waals surface area contributed by atoms with Crippen LogP contribution in [0.15, 0.2) is 47.1 Å². The van der Waals surface area contributed by atoms with Crippen LogP contribution in [0.2, 0.25) is 0 Å². The number of aryl methyl sites for hydroxylation is 3. The van der Waals surface area contributed by atoms with Crippen molar-refractivity contribution in [1.29, 1.82) is 0 Å². The zero-order valence-corrected chi connectivity index (χ0v) is 20.2. The Bertz CT molecular complexity index is 1250. The summed E-state index contributed by atoms with van der Waals surface area (Å²) in [5.41, 5.74) is 6.16. The Balaban J connectivity index is 1.38. The Morgan fingerprint density at radius 3 is 2.55 bits per heavy atom. The summed E-state index contributed by atoms with van der Waals surface area (Å²) in [4.78, 5) is 16.4. The number of rotatable bonds is 5. The second kappa shape index (κ2) is 8.96. The summed E-state index contributed by atoms with van der Waals surface area (Å²) in [6.45, 7) is 10.2. The van der Waals surface area contributed by atoms with Crippen LogP contribution in [-0.2, 0) is 0 Å². The Hall–Kier alpha value is -3.23. The van der Waals surface area contributed by atoms with Crippen LogP contribution < -0.4 is 10.2 Å². The molecule has 0 aliphatic carbocycles. The molecule has 1 aromatic carbocycles. The lowest BCUT2D eigenvalue weighted by atomic mass is 10.1. The molecule has 4 heterocycles. The summed E-state index contributed by atoms with van der Waals surface area (Å²) in [5, 5.41) is 7.49. The molecular weight excluding hydrogens is 432 g/mol. The van der Waals surface area contributed by atoms with Crippen molar-refractivity contribution in [1.82, 2.24) is 20.0 Å². The summed E-state index contributed by atoms with van der Waals surface area (Å²) >= 11 is 1.69. The molecule has 1 aliphatic heterocycles. The molecule has 4 aromatic rings. The number of anilines is 3. The molecule has 170 valence electrons. The van der Waals surface area contributed by atoms with E-state index in [2.05, 4.69) is 68.7 Å². The lowest BCUT2D eigenvalue weighted by Crippen LogP contribution is -2.44. The van der Waals surface area contributed by atoms with Crippen LogP contribution in [0, 0.1) is 20.8 Å². The predicted octanol–water partition coefficient (Wildman–Crippen LogP) is 5.28. The van der Waals surface area contributed by atoms with Crippen molar-refractivity contribution in [3.05, 3.63) is 59.6 Å². The smallest absolute Gasteiger partial charge is 0.227 e. The van der Waals surface area contributed by atoms with Crippen molar-refractivity contribution in [3.8, 4) is 21.0 Å². The molecule has 0 saturated carbocycles. The quantitative estimate of drug-likeness (QED) is 0.434. The highest BCUT2D eigenvalue weighted by Gasteiger charge is 2.17. The molecule has 0 atom stereocenters. The molecule has 7 nitrogen and oxygen atoms in total. The molecule has 1 saturated heterocycles. The fourth-order valence-electron chi connectivity index (χ4n) is 4.16. The summed E-state index contributed by atoms with van der Waals surface area (Å²) in [6, 6.07) is 12.7. The largest absolute Gasteiger partial charge is 0.369 e. The number of hydrogen-bond donors (Lipinski definition) is 1. The monoisotopic (exact) mass is 460 g/mol. The van der Waals surface area contributed by atoms with E-state index in [1.54, 1.807) is 11.3 Å². The number of aromatic nitrogens is 3. The van der Waals surface area contributed by atoms with E-state index in [0.29, 0.717) is 5.95 Å². The first-order valence-electron chi connectivity index (χ1n) is 11.2. The minimum absolute atomic E-state index is 0.596. The van der Waals surface area contributed by atoms with Gasteiger partial charge in [-0.05, 0) is 63.7 Å². The number of nitrogens with zero attached hydrogens (tertiary/aromatic N) is 5. The van der Waals surface area contributed by atoms with Gasteiger partial charge in [-0.1, -0.05) is 11.2 Å². The van der Waals surface area contributed by atoms with Gasteiger partial charge in [0.15, 0.2) is 0 Å². The van der Waals surface area contributed by atoms with E-state index in [1.165, 1.54) is 5.69 Å². The van der Waals surface area contributed by atoms with Gasteiger partial charge in [0.05, 0.1) is 21.8 Å². The van der Waals surface area contributed by atoms with E-state index in [4.69, 9.17) is 9.51 Å². The van der Waals surface area contributed by atoms with Crippen LogP contribution in [0.25, 0.3) is 21.0 Å². The molecule has 0 unspecified atom stereocenters. The average Bonchev–Trinajstić information content (AvgIpc) is 3.42. The number of hydrogen-bond acceptors (Lipinski definition) is 8.